The van der Waals surface area contributed by atoms with Crippen LogP contribution in [0.2, 0.25) is 0 Å². The van der Waals surface area contributed by atoms with Gasteiger partial charge in [0.05, 0.1) is 18.1 Å². The van der Waals surface area contributed by atoms with Crippen molar-refractivity contribution in [1.82, 2.24) is 4.98 Å². The maximum Gasteiger partial charge on any atom is 0.143 e. The number of hydrogen-bond donors (Lipinski definition) is 1. The first-order valence-electron chi connectivity index (χ1n) is 4.87. The second kappa shape index (κ2) is 3.92. The standard InChI is InChI=1S/C10H14FN3/c11-8-4-10(6-13-5-8)14-3-1-2-9(12)7-14/h4-6,9H,1-3,7,12H2/t9-/m0/s1. The molecule has 1 aliphatic heterocycles. The fourth-order valence-electron chi connectivity index (χ4n) is 1.82. The van der Waals surface area contributed by atoms with Crippen LogP contribution in [0.4, 0.5) is 10.1 Å². The van der Waals surface area contributed by atoms with Crippen LogP contribution in [0, 0.1) is 5.82 Å². The van der Waals surface area contributed by atoms with Crippen molar-refractivity contribution < 1.29 is 4.39 Å². The molecule has 1 aromatic heterocycles. The number of halogens is 1. The van der Waals surface area contributed by atoms with Crippen LogP contribution in [0.25, 0.3) is 0 Å². The molecule has 1 aromatic rings. The Morgan fingerprint density at radius 2 is 2.36 bits per heavy atom. The zero-order valence-electron chi connectivity index (χ0n) is 7.99. The maximum atomic E-state index is 12.9. The van der Waals surface area contributed by atoms with Crippen LogP contribution >= 0.6 is 0 Å². The van der Waals surface area contributed by atoms with Crippen LogP contribution in [0.15, 0.2) is 18.5 Å². The zero-order chi connectivity index (χ0) is 9.97. The number of nitrogens with zero attached hydrogens (tertiary/aromatic N) is 2. The summed E-state index contributed by atoms with van der Waals surface area (Å²) in [5, 5.41) is 0. The summed E-state index contributed by atoms with van der Waals surface area (Å²) in [5.74, 6) is -0.290. The molecule has 1 fully saturated rings. The fraction of sp³-hybridized carbons (Fsp3) is 0.500. The highest BCUT2D eigenvalue weighted by atomic mass is 19.1. The number of piperidine rings is 1. The second-order valence-electron chi connectivity index (χ2n) is 3.71. The van der Waals surface area contributed by atoms with Gasteiger partial charge in [-0.15, -0.1) is 0 Å². The van der Waals surface area contributed by atoms with Gasteiger partial charge in [0.25, 0.3) is 0 Å². The van der Waals surface area contributed by atoms with E-state index in [0.717, 1.165) is 31.6 Å². The van der Waals surface area contributed by atoms with Crippen LogP contribution in [-0.2, 0) is 0 Å². The Bertz CT molecular complexity index is 316. The molecule has 3 nitrogen and oxygen atoms in total. The van der Waals surface area contributed by atoms with E-state index in [0.29, 0.717) is 0 Å². The molecule has 2 N–H and O–H groups in total. The van der Waals surface area contributed by atoms with Crippen LogP contribution in [-0.4, -0.2) is 24.1 Å². The van der Waals surface area contributed by atoms with E-state index in [4.69, 9.17) is 5.73 Å². The first-order chi connectivity index (χ1) is 6.75. The van der Waals surface area contributed by atoms with E-state index in [9.17, 15) is 4.39 Å². The second-order valence-corrected chi connectivity index (χ2v) is 3.71. The number of pyridine rings is 1. The van der Waals surface area contributed by atoms with Crippen molar-refractivity contribution in [2.24, 2.45) is 5.73 Å². The van der Waals surface area contributed by atoms with Crippen molar-refractivity contribution >= 4 is 5.69 Å². The summed E-state index contributed by atoms with van der Waals surface area (Å²) in [5.41, 5.74) is 6.68. The van der Waals surface area contributed by atoms with E-state index in [1.54, 1.807) is 6.20 Å². The van der Waals surface area contributed by atoms with Crippen molar-refractivity contribution in [2.75, 3.05) is 18.0 Å². The lowest BCUT2D eigenvalue weighted by Crippen LogP contribution is -2.42. The van der Waals surface area contributed by atoms with Crippen molar-refractivity contribution in [3.05, 3.63) is 24.3 Å². The summed E-state index contributed by atoms with van der Waals surface area (Å²) in [6, 6.07) is 1.71. The first kappa shape index (κ1) is 9.40. The molecule has 0 aliphatic carbocycles. The Kier molecular flexibility index (Phi) is 2.63. The third-order valence-electron chi connectivity index (χ3n) is 2.51. The smallest absolute Gasteiger partial charge is 0.143 e. The molecule has 1 atom stereocenters. The molecule has 2 rings (SSSR count). The highest BCUT2D eigenvalue weighted by molar-refractivity contribution is 5.44. The minimum atomic E-state index is -0.290. The molecule has 1 aliphatic rings. The summed E-state index contributed by atoms with van der Waals surface area (Å²) >= 11 is 0. The number of aromatic nitrogens is 1. The minimum absolute atomic E-state index is 0.201. The highest BCUT2D eigenvalue weighted by Crippen LogP contribution is 2.18. The van der Waals surface area contributed by atoms with Crippen molar-refractivity contribution in [3.8, 4) is 0 Å². The first-order valence-corrected chi connectivity index (χ1v) is 4.87. The molecule has 0 radical (unpaired) electrons. The van der Waals surface area contributed by atoms with E-state index in [-0.39, 0.29) is 11.9 Å². The predicted molar refractivity (Wildman–Crippen MR) is 53.6 cm³/mol. The maximum absolute atomic E-state index is 12.9. The fourth-order valence-corrected chi connectivity index (χ4v) is 1.82. The van der Waals surface area contributed by atoms with E-state index < -0.39 is 0 Å². The number of anilines is 1. The van der Waals surface area contributed by atoms with Gasteiger partial charge in [0.1, 0.15) is 5.82 Å². The van der Waals surface area contributed by atoms with Crippen LogP contribution in [0.1, 0.15) is 12.8 Å². The number of nitrogens with two attached hydrogens (primary N) is 1. The van der Waals surface area contributed by atoms with Gasteiger partial charge in [0.15, 0.2) is 0 Å². The molecule has 76 valence electrons. The summed E-state index contributed by atoms with van der Waals surface area (Å²) in [6.45, 7) is 1.74. The van der Waals surface area contributed by atoms with Crippen LogP contribution in [0.5, 0.6) is 0 Å². The quantitative estimate of drug-likeness (QED) is 0.731. The van der Waals surface area contributed by atoms with Gasteiger partial charge in [-0.1, -0.05) is 0 Å². The van der Waals surface area contributed by atoms with Crippen molar-refractivity contribution in [1.29, 1.82) is 0 Å². The molecule has 0 spiro atoms. The van der Waals surface area contributed by atoms with Gasteiger partial charge in [-0.3, -0.25) is 4.98 Å². The molecule has 1 saturated heterocycles. The van der Waals surface area contributed by atoms with Crippen LogP contribution < -0.4 is 10.6 Å². The molecule has 0 amide bonds. The highest BCUT2D eigenvalue weighted by Gasteiger charge is 2.17. The van der Waals surface area contributed by atoms with E-state index in [2.05, 4.69) is 9.88 Å². The molecule has 0 saturated carbocycles. The van der Waals surface area contributed by atoms with E-state index in [1.165, 1.54) is 12.3 Å². The summed E-state index contributed by atoms with van der Waals surface area (Å²) in [7, 11) is 0. The van der Waals surface area contributed by atoms with Crippen molar-refractivity contribution in [2.45, 2.75) is 18.9 Å². The third-order valence-corrected chi connectivity index (χ3v) is 2.51. The Hall–Kier alpha value is -1.16. The molecule has 14 heavy (non-hydrogen) atoms. The predicted octanol–water partition coefficient (Wildman–Crippen LogP) is 1.15. The summed E-state index contributed by atoms with van der Waals surface area (Å²) in [6.07, 6.45) is 5.02. The molecular formula is C10H14FN3. The molecule has 0 aromatic carbocycles. The van der Waals surface area contributed by atoms with Gasteiger partial charge < -0.3 is 10.6 Å². The third kappa shape index (κ3) is 2.01. The van der Waals surface area contributed by atoms with Crippen LogP contribution in [0.3, 0.4) is 0 Å². The summed E-state index contributed by atoms with van der Waals surface area (Å²) in [4.78, 5) is 5.91. The topological polar surface area (TPSA) is 42.1 Å². The summed E-state index contributed by atoms with van der Waals surface area (Å²) < 4.78 is 12.9. The van der Waals surface area contributed by atoms with Crippen molar-refractivity contribution in [3.63, 3.8) is 0 Å². The lowest BCUT2D eigenvalue weighted by Gasteiger charge is -2.32. The molecule has 4 heteroatoms. The van der Waals surface area contributed by atoms with Gasteiger partial charge in [0, 0.05) is 25.2 Å². The lowest BCUT2D eigenvalue weighted by atomic mass is 10.1. The van der Waals surface area contributed by atoms with Gasteiger partial charge in [-0.25, -0.2) is 4.39 Å². The zero-order valence-corrected chi connectivity index (χ0v) is 7.99. The average molecular weight is 195 g/mol. The van der Waals surface area contributed by atoms with Gasteiger partial charge in [-0.2, -0.15) is 0 Å². The Morgan fingerprint density at radius 1 is 1.50 bits per heavy atom. The molecule has 0 unspecified atom stereocenters. The Labute approximate surface area is 82.7 Å². The SMILES string of the molecule is N[C@H]1CCCN(c2cncc(F)c2)C1. The van der Waals surface area contributed by atoms with E-state index in [1.807, 2.05) is 0 Å². The monoisotopic (exact) mass is 195 g/mol. The average Bonchev–Trinajstić information content (AvgIpc) is 2.18. The largest absolute Gasteiger partial charge is 0.369 e. The van der Waals surface area contributed by atoms with Gasteiger partial charge in [-0.05, 0) is 12.8 Å². The number of hydrogen-bond acceptors (Lipinski definition) is 3. The lowest BCUT2D eigenvalue weighted by molar-refractivity contribution is 0.504. The molecule has 0 bridgehead atoms. The Balaban J connectivity index is 2.14. The Morgan fingerprint density at radius 3 is 3.07 bits per heavy atom. The minimum Gasteiger partial charge on any atom is -0.369 e. The molecule has 2 heterocycles. The van der Waals surface area contributed by atoms with Gasteiger partial charge >= 0.3 is 0 Å². The normalized spacial score (nSPS) is 22.4. The van der Waals surface area contributed by atoms with E-state index >= 15 is 0 Å². The molecular weight excluding hydrogens is 181 g/mol. The number of rotatable bonds is 1. The van der Waals surface area contributed by atoms with Gasteiger partial charge in [0.2, 0.25) is 0 Å².